The number of benzene rings is 1. The molecule has 0 N–H and O–H groups in total. The van der Waals surface area contributed by atoms with Gasteiger partial charge in [0.25, 0.3) is 0 Å². The van der Waals surface area contributed by atoms with Gasteiger partial charge in [0, 0.05) is 30.7 Å². The van der Waals surface area contributed by atoms with Crippen molar-refractivity contribution in [1.82, 2.24) is 5.10 Å². The first kappa shape index (κ1) is 16.9. The van der Waals surface area contributed by atoms with E-state index in [1.165, 1.54) is 36.8 Å². The van der Waals surface area contributed by atoms with Crippen LogP contribution in [-0.4, -0.2) is 31.4 Å². The fraction of sp³-hybridized carbons (Fsp3) is 0.500. The molecule has 4 nitrogen and oxygen atoms in total. The van der Waals surface area contributed by atoms with Crippen molar-refractivity contribution in [2.75, 3.05) is 31.2 Å². The van der Waals surface area contributed by atoms with Crippen molar-refractivity contribution in [3.8, 4) is 11.1 Å². The van der Waals surface area contributed by atoms with Crippen LogP contribution in [0.2, 0.25) is 0 Å². The molecule has 3 rings (SSSR count). The summed E-state index contributed by atoms with van der Waals surface area (Å²) in [6.07, 6.45) is 7.21. The van der Waals surface area contributed by atoms with E-state index < -0.39 is 0 Å². The molecule has 2 aromatic rings. The first-order valence-electron chi connectivity index (χ1n) is 9.17. The van der Waals surface area contributed by atoms with Gasteiger partial charge in [-0.25, -0.2) is 0 Å². The molecule has 0 unspecified atom stereocenters. The normalized spacial score (nSPS) is 14.8. The molecule has 2 heterocycles. The van der Waals surface area contributed by atoms with Crippen LogP contribution in [0.4, 0.5) is 5.82 Å². The van der Waals surface area contributed by atoms with Crippen LogP contribution in [0.5, 0.6) is 0 Å². The Morgan fingerprint density at radius 2 is 1.83 bits per heavy atom. The van der Waals surface area contributed by atoms with E-state index in [-0.39, 0.29) is 0 Å². The average Bonchev–Trinajstić information content (AvgIpc) is 2.66. The van der Waals surface area contributed by atoms with E-state index in [0.29, 0.717) is 0 Å². The largest absolute Gasteiger partial charge is 0.378 e. The van der Waals surface area contributed by atoms with Gasteiger partial charge in [0.2, 0.25) is 6.20 Å². The molecule has 1 aliphatic rings. The van der Waals surface area contributed by atoms with Gasteiger partial charge in [0.05, 0.1) is 18.8 Å². The van der Waals surface area contributed by atoms with E-state index in [4.69, 9.17) is 9.84 Å². The molecule has 1 aliphatic heterocycles. The van der Waals surface area contributed by atoms with E-state index in [0.717, 1.165) is 38.7 Å². The van der Waals surface area contributed by atoms with Gasteiger partial charge in [-0.05, 0) is 12.0 Å². The van der Waals surface area contributed by atoms with Crippen LogP contribution in [-0.2, 0) is 11.3 Å². The molecule has 0 bridgehead atoms. The maximum atomic E-state index is 5.48. The van der Waals surface area contributed by atoms with Gasteiger partial charge in [-0.2, -0.15) is 0 Å². The van der Waals surface area contributed by atoms with Gasteiger partial charge in [-0.15, -0.1) is 0 Å². The lowest BCUT2D eigenvalue weighted by molar-refractivity contribution is -0.752. The van der Waals surface area contributed by atoms with E-state index in [1.54, 1.807) is 0 Å². The zero-order valence-electron chi connectivity index (χ0n) is 14.7. The zero-order chi connectivity index (χ0) is 16.6. The summed E-state index contributed by atoms with van der Waals surface area (Å²) in [5.74, 6) is 1.06. The number of aryl methyl sites for hydroxylation is 1. The van der Waals surface area contributed by atoms with Crippen LogP contribution in [0, 0.1) is 0 Å². The zero-order valence-corrected chi connectivity index (χ0v) is 14.7. The number of rotatable bonds is 7. The summed E-state index contributed by atoms with van der Waals surface area (Å²) in [6, 6.07) is 12.8. The molecular weight excluding hydrogens is 298 g/mol. The van der Waals surface area contributed by atoms with Crippen LogP contribution in [0.3, 0.4) is 0 Å². The van der Waals surface area contributed by atoms with Gasteiger partial charge in [0.15, 0.2) is 12.4 Å². The van der Waals surface area contributed by atoms with Crippen LogP contribution >= 0.6 is 0 Å². The SMILES string of the molecule is CCCCCC[n+]1cc(-c2ccccc2)cc(N2CCOCC2)n1. The lowest BCUT2D eigenvalue weighted by Crippen LogP contribution is -2.43. The van der Waals surface area contributed by atoms with Gasteiger partial charge in [-0.1, -0.05) is 54.8 Å². The number of anilines is 1. The van der Waals surface area contributed by atoms with Gasteiger partial charge in [-0.3, -0.25) is 0 Å². The van der Waals surface area contributed by atoms with Crippen molar-refractivity contribution < 1.29 is 9.42 Å². The second kappa shape index (κ2) is 8.78. The van der Waals surface area contributed by atoms with E-state index in [1.807, 2.05) is 0 Å². The molecule has 0 aliphatic carbocycles. The Hall–Kier alpha value is -1.94. The molecule has 1 fully saturated rings. The monoisotopic (exact) mass is 326 g/mol. The van der Waals surface area contributed by atoms with Crippen LogP contribution < -0.4 is 9.58 Å². The number of hydrogen-bond donors (Lipinski definition) is 0. The minimum absolute atomic E-state index is 0.785. The molecule has 1 saturated heterocycles. The maximum absolute atomic E-state index is 5.48. The van der Waals surface area contributed by atoms with Crippen LogP contribution in [0.15, 0.2) is 42.6 Å². The van der Waals surface area contributed by atoms with Gasteiger partial charge >= 0.3 is 0 Å². The Morgan fingerprint density at radius 3 is 2.58 bits per heavy atom. The Bertz CT molecular complexity index is 624. The maximum Gasteiger partial charge on any atom is 0.204 e. The predicted molar refractivity (Wildman–Crippen MR) is 97.0 cm³/mol. The Labute approximate surface area is 145 Å². The van der Waals surface area contributed by atoms with Crippen LogP contribution in [0.25, 0.3) is 11.1 Å². The van der Waals surface area contributed by atoms with E-state index in [2.05, 4.69) is 59.1 Å². The Kier molecular flexibility index (Phi) is 6.19. The van der Waals surface area contributed by atoms with E-state index in [9.17, 15) is 0 Å². The molecule has 0 spiro atoms. The van der Waals surface area contributed by atoms with E-state index >= 15 is 0 Å². The highest BCUT2D eigenvalue weighted by molar-refractivity contribution is 5.64. The van der Waals surface area contributed by atoms with Crippen molar-refractivity contribution in [3.05, 3.63) is 42.6 Å². The summed E-state index contributed by atoms with van der Waals surface area (Å²) in [5.41, 5.74) is 2.49. The van der Waals surface area contributed by atoms with Crippen molar-refractivity contribution in [2.24, 2.45) is 0 Å². The number of aromatic nitrogens is 2. The van der Waals surface area contributed by atoms with Crippen molar-refractivity contribution in [1.29, 1.82) is 0 Å². The summed E-state index contributed by atoms with van der Waals surface area (Å²) in [7, 11) is 0. The fourth-order valence-corrected chi connectivity index (χ4v) is 3.08. The molecule has 128 valence electrons. The first-order valence-corrected chi connectivity index (χ1v) is 9.17. The summed E-state index contributed by atoms with van der Waals surface area (Å²) < 4.78 is 7.61. The third-order valence-electron chi connectivity index (χ3n) is 4.49. The predicted octanol–water partition coefficient (Wildman–Crippen LogP) is 3.45. The number of ether oxygens (including phenoxy) is 1. The molecule has 0 amide bonds. The molecule has 4 heteroatoms. The first-order chi connectivity index (χ1) is 11.9. The lowest BCUT2D eigenvalue weighted by atomic mass is 10.1. The molecule has 1 aromatic carbocycles. The second-order valence-corrected chi connectivity index (χ2v) is 6.38. The number of hydrogen-bond acceptors (Lipinski definition) is 3. The topological polar surface area (TPSA) is 29.2 Å². The van der Waals surface area contributed by atoms with Gasteiger partial charge < -0.3 is 9.64 Å². The summed E-state index contributed by atoms with van der Waals surface area (Å²) >= 11 is 0. The summed E-state index contributed by atoms with van der Waals surface area (Å²) in [4.78, 5) is 2.33. The average molecular weight is 326 g/mol. The van der Waals surface area contributed by atoms with Gasteiger partial charge in [0.1, 0.15) is 0 Å². The lowest BCUT2D eigenvalue weighted by Gasteiger charge is -2.26. The molecule has 0 atom stereocenters. The summed E-state index contributed by atoms with van der Waals surface area (Å²) in [6.45, 7) is 6.64. The smallest absolute Gasteiger partial charge is 0.204 e. The number of morpholine rings is 1. The third kappa shape index (κ3) is 4.54. The standard InChI is InChI=1S/C20H28N3O/c1-2-3-4-8-11-23-17-19(18-9-6-5-7-10-18)16-20(21-23)22-12-14-24-15-13-22/h5-7,9-10,16-17H,2-4,8,11-15H2,1H3/q+1. The third-order valence-corrected chi connectivity index (χ3v) is 4.49. The van der Waals surface area contributed by atoms with Crippen molar-refractivity contribution in [3.63, 3.8) is 0 Å². The molecule has 0 saturated carbocycles. The fourth-order valence-electron chi connectivity index (χ4n) is 3.08. The molecule has 24 heavy (non-hydrogen) atoms. The quantitative estimate of drug-likeness (QED) is 0.576. The number of unbranched alkanes of at least 4 members (excludes halogenated alkanes) is 3. The molecular formula is C20H28N3O+. The highest BCUT2D eigenvalue weighted by Crippen LogP contribution is 2.21. The molecule has 1 aromatic heterocycles. The van der Waals surface area contributed by atoms with Crippen molar-refractivity contribution >= 4 is 5.82 Å². The highest BCUT2D eigenvalue weighted by Gasteiger charge is 2.18. The Morgan fingerprint density at radius 1 is 1.04 bits per heavy atom. The highest BCUT2D eigenvalue weighted by atomic mass is 16.5. The second-order valence-electron chi connectivity index (χ2n) is 6.38. The minimum atomic E-state index is 0.785. The van der Waals surface area contributed by atoms with Crippen molar-refractivity contribution in [2.45, 2.75) is 39.2 Å². The van der Waals surface area contributed by atoms with Crippen LogP contribution in [0.1, 0.15) is 32.6 Å². The number of nitrogens with zero attached hydrogens (tertiary/aromatic N) is 3. The molecule has 0 radical (unpaired) electrons. The minimum Gasteiger partial charge on any atom is -0.378 e. The summed E-state index contributed by atoms with van der Waals surface area (Å²) in [5, 5.41) is 4.87. The Balaban J connectivity index is 1.84.